The zero-order valence-corrected chi connectivity index (χ0v) is 10.8. The molecule has 2 rings (SSSR count). The van der Waals surface area contributed by atoms with Gasteiger partial charge in [-0.25, -0.2) is 0 Å². The first kappa shape index (κ1) is 12.6. The molecule has 0 unspecified atom stereocenters. The van der Waals surface area contributed by atoms with Crippen molar-refractivity contribution in [2.24, 2.45) is 0 Å². The SMILES string of the molecule is O=C(CCSC1CCCC1)NCc1ccco1. The lowest BCUT2D eigenvalue weighted by molar-refractivity contribution is -0.120. The van der Waals surface area contributed by atoms with Crippen molar-refractivity contribution in [2.45, 2.75) is 43.9 Å². The van der Waals surface area contributed by atoms with E-state index in [-0.39, 0.29) is 5.91 Å². The minimum atomic E-state index is 0.117. The summed E-state index contributed by atoms with van der Waals surface area (Å²) < 4.78 is 5.15. The first-order valence-corrected chi connectivity index (χ1v) is 7.30. The van der Waals surface area contributed by atoms with E-state index < -0.39 is 0 Å². The Bertz CT molecular complexity index is 331. The second kappa shape index (κ2) is 6.74. The van der Waals surface area contributed by atoms with Crippen LogP contribution in [-0.2, 0) is 11.3 Å². The van der Waals surface area contributed by atoms with Gasteiger partial charge in [-0.05, 0) is 25.0 Å². The van der Waals surface area contributed by atoms with Crippen LogP contribution in [0.3, 0.4) is 0 Å². The summed E-state index contributed by atoms with van der Waals surface area (Å²) in [6.07, 6.45) is 7.63. The van der Waals surface area contributed by atoms with E-state index in [0.29, 0.717) is 13.0 Å². The Balaban J connectivity index is 1.54. The zero-order chi connectivity index (χ0) is 11.9. The third-order valence-electron chi connectivity index (χ3n) is 3.02. The molecule has 94 valence electrons. The fourth-order valence-electron chi connectivity index (χ4n) is 2.06. The van der Waals surface area contributed by atoms with Crippen LogP contribution in [0.4, 0.5) is 0 Å². The largest absolute Gasteiger partial charge is 0.467 e. The van der Waals surface area contributed by atoms with Crippen molar-refractivity contribution < 1.29 is 9.21 Å². The Kier molecular flexibility index (Phi) is 4.98. The van der Waals surface area contributed by atoms with E-state index in [1.807, 2.05) is 23.9 Å². The second-order valence-electron chi connectivity index (χ2n) is 4.38. The molecule has 17 heavy (non-hydrogen) atoms. The van der Waals surface area contributed by atoms with E-state index in [2.05, 4.69) is 5.32 Å². The third-order valence-corrected chi connectivity index (χ3v) is 4.41. The highest BCUT2D eigenvalue weighted by molar-refractivity contribution is 7.99. The van der Waals surface area contributed by atoms with E-state index in [1.54, 1.807) is 6.26 Å². The van der Waals surface area contributed by atoms with Crippen LogP contribution in [0.15, 0.2) is 22.8 Å². The lowest BCUT2D eigenvalue weighted by atomic mass is 10.4. The zero-order valence-electron chi connectivity index (χ0n) is 9.98. The molecule has 1 saturated carbocycles. The molecule has 4 heteroatoms. The number of thioether (sulfide) groups is 1. The molecule has 0 atom stereocenters. The van der Waals surface area contributed by atoms with Gasteiger partial charge in [0.2, 0.25) is 5.91 Å². The van der Waals surface area contributed by atoms with Crippen LogP contribution in [0.2, 0.25) is 0 Å². The molecule has 0 bridgehead atoms. The maximum absolute atomic E-state index is 11.5. The van der Waals surface area contributed by atoms with Gasteiger partial charge in [0.1, 0.15) is 5.76 Å². The molecule has 1 aromatic heterocycles. The van der Waals surface area contributed by atoms with Crippen molar-refractivity contribution in [3.8, 4) is 0 Å². The fourth-order valence-corrected chi connectivity index (χ4v) is 3.36. The Morgan fingerprint density at radius 2 is 2.29 bits per heavy atom. The first-order valence-electron chi connectivity index (χ1n) is 6.25. The highest BCUT2D eigenvalue weighted by Gasteiger charge is 2.15. The molecule has 1 aliphatic rings. The number of rotatable bonds is 6. The van der Waals surface area contributed by atoms with Crippen molar-refractivity contribution in [3.05, 3.63) is 24.2 Å². The van der Waals surface area contributed by atoms with Gasteiger partial charge in [-0.15, -0.1) is 0 Å². The molecule has 1 aliphatic carbocycles. The van der Waals surface area contributed by atoms with Gasteiger partial charge in [0.05, 0.1) is 12.8 Å². The topological polar surface area (TPSA) is 42.2 Å². The van der Waals surface area contributed by atoms with Crippen LogP contribution < -0.4 is 5.32 Å². The van der Waals surface area contributed by atoms with E-state index in [1.165, 1.54) is 25.7 Å². The van der Waals surface area contributed by atoms with Gasteiger partial charge in [0.25, 0.3) is 0 Å². The number of carbonyl (C=O) groups is 1. The first-order chi connectivity index (χ1) is 8.34. The number of hydrogen-bond acceptors (Lipinski definition) is 3. The second-order valence-corrected chi connectivity index (χ2v) is 5.79. The predicted octanol–water partition coefficient (Wildman–Crippen LogP) is 2.96. The molecular formula is C13H19NO2S. The molecular weight excluding hydrogens is 234 g/mol. The van der Waals surface area contributed by atoms with Crippen molar-refractivity contribution in [1.29, 1.82) is 0 Å². The Hall–Kier alpha value is -0.900. The predicted molar refractivity (Wildman–Crippen MR) is 69.9 cm³/mol. The number of amides is 1. The summed E-state index contributed by atoms with van der Waals surface area (Å²) >= 11 is 1.95. The third kappa shape index (κ3) is 4.46. The average molecular weight is 253 g/mol. The standard InChI is InChI=1S/C13H19NO2S/c15-13(14-10-11-4-3-8-16-11)7-9-17-12-5-1-2-6-12/h3-4,8,12H,1-2,5-7,9-10H2,(H,14,15). The van der Waals surface area contributed by atoms with E-state index in [9.17, 15) is 4.79 Å². The Morgan fingerprint density at radius 1 is 1.47 bits per heavy atom. The van der Waals surface area contributed by atoms with Crippen LogP contribution in [0.1, 0.15) is 37.9 Å². The van der Waals surface area contributed by atoms with Gasteiger partial charge in [-0.2, -0.15) is 11.8 Å². The lowest BCUT2D eigenvalue weighted by Crippen LogP contribution is -2.23. The van der Waals surface area contributed by atoms with Gasteiger partial charge in [-0.1, -0.05) is 12.8 Å². The van der Waals surface area contributed by atoms with Gasteiger partial charge in [0.15, 0.2) is 0 Å². The van der Waals surface area contributed by atoms with Crippen molar-refractivity contribution >= 4 is 17.7 Å². The van der Waals surface area contributed by atoms with E-state index in [0.717, 1.165) is 16.8 Å². The van der Waals surface area contributed by atoms with Gasteiger partial charge >= 0.3 is 0 Å². The van der Waals surface area contributed by atoms with Crippen molar-refractivity contribution in [3.63, 3.8) is 0 Å². The summed E-state index contributed by atoms with van der Waals surface area (Å²) in [7, 11) is 0. The maximum atomic E-state index is 11.5. The normalized spacial score (nSPS) is 16.2. The van der Waals surface area contributed by atoms with Crippen LogP contribution in [0.5, 0.6) is 0 Å². The highest BCUT2D eigenvalue weighted by atomic mass is 32.2. The summed E-state index contributed by atoms with van der Waals surface area (Å²) in [5, 5.41) is 3.66. The van der Waals surface area contributed by atoms with Crippen LogP contribution >= 0.6 is 11.8 Å². The average Bonchev–Trinajstić information content (AvgIpc) is 2.99. The molecule has 1 fully saturated rings. The Labute approximate surface area is 106 Å². The summed E-state index contributed by atoms with van der Waals surface area (Å²) in [5.74, 6) is 1.86. The van der Waals surface area contributed by atoms with Crippen LogP contribution in [-0.4, -0.2) is 16.9 Å². The maximum Gasteiger partial charge on any atom is 0.221 e. The smallest absolute Gasteiger partial charge is 0.221 e. The number of carbonyl (C=O) groups excluding carboxylic acids is 1. The van der Waals surface area contributed by atoms with Gasteiger partial charge in [-0.3, -0.25) is 4.79 Å². The molecule has 1 heterocycles. The van der Waals surface area contributed by atoms with Crippen LogP contribution in [0, 0.1) is 0 Å². The minimum Gasteiger partial charge on any atom is -0.467 e. The molecule has 0 saturated heterocycles. The summed E-state index contributed by atoms with van der Waals surface area (Å²) in [4.78, 5) is 11.5. The Morgan fingerprint density at radius 3 is 3.00 bits per heavy atom. The lowest BCUT2D eigenvalue weighted by Gasteiger charge is -2.08. The summed E-state index contributed by atoms with van der Waals surface area (Å²) in [5.41, 5.74) is 0. The molecule has 1 aromatic rings. The molecule has 1 N–H and O–H groups in total. The molecule has 0 aliphatic heterocycles. The van der Waals surface area contributed by atoms with Crippen molar-refractivity contribution in [1.82, 2.24) is 5.32 Å². The highest BCUT2D eigenvalue weighted by Crippen LogP contribution is 2.29. The van der Waals surface area contributed by atoms with Crippen molar-refractivity contribution in [2.75, 3.05) is 5.75 Å². The van der Waals surface area contributed by atoms with Gasteiger partial charge in [0, 0.05) is 17.4 Å². The number of furan rings is 1. The molecule has 0 spiro atoms. The van der Waals surface area contributed by atoms with Crippen LogP contribution in [0.25, 0.3) is 0 Å². The number of hydrogen-bond donors (Lipinski definition) is 1. The molecule has 0 radical (unpaired) electrons. The molecule has 1 amide bonds. The monoisotopic (exact) mass is 253 g/mol. The van der Waals surface area contributed by atoms with E-state index in [4.69, 9.17) is 4.42 Å². The summed E-state index contributed by atoms with van der Waals surface area (Å²) in [6, 6.07) is 3.70. The fraction of sp³-hybridized carbons (Fsp3) is 0.615. The molecule has 3 nitrogen and oxygen atoms in total. The van der Waals surface area contributed by atoms with Gasteiger partial charge < -0.3 is 9.73 Å². The number of nitrogens with one attached hydrogen (secondary N) is 1. The molecule has 0 aromatic carbocycles. The quantitative estimate of drug-likeness (QED) is 0.847. The van der Waals surface area contributed by atoms with E-state index >= 15 is 0 Å². The minimum absolute atomic E-state index is 0.117. The summed E-state index contributed by atoms with van der Waals surface area (Å²) in [6.45, 7) is 0.500.